The topological polar surface area (TPSA) is 55.8 Å². The number of aliphatic hydroxyl groups is 1. The van der Waals surface area contributed by atoms with Gasteiger partial charge in [0, 0.05) is 6.08 Å². The van der Waals surface area contributed by atoms with Crippen LogP contribution in [0, 0.1) is 5.92 Å². The van der Waals surface area contributed by atoms with E-state index in [1.807, 2.05) is 19.1 Å². The van der Waals surface area contributed by atoms with Gasteiger partial charge < -0.3 is 14.6 Å². The molecule has 24 heavy (non-hydrogen) atoms. The van der Waals surface area contributed by atoms with Gasteiger partial charge in [-0.25, -0.2) is 4.79 Å². The molecule has 4 nitrogen and oxygen atoms in total. The van der Waals surface area contributed by atoms with Crippen molar-refractivity contribution in [3.8, 4) is 5.75 Å². The first-order chi connectivity index (χ1) is 11.6. The van der Waals surface area contributed by atoms with Crippen molar-refractivity contribution in [1.82, 2.24) is 0 Å². The van der Waals surface area contributed by atoms with E-state index in [2.05, 4.69) is 12.1 Å². The Morgan fingerprint density at radius 3 is 2.62 bits per heavy atom. The van der Waals surface area contributed by atoms with Crippen LogP contribution in [0.2, 0.25) is 0 Å². The number of carbonyl (C=O) groups is 1. The standard InChI is InChI=1S/C20H28O4/c1-3-23-20(22)12-15(2)14-24-18-10-8-16(9-11-18)13-17-6-4-5-7-19(17)21/h8-12,17,19,21H,3-7,13-14H2,1-2H3/b15-12+/t17-,19+/m1/s1. The molecule has 132 valence electrons. The highest BCUT2D eigenvalue weighted by Crippen LogP contribution is 2.28. The van der Waals surface area contributed by atoms with Gasteiger partial charge in [-0.1, -0.05) is 25.0 Å². The first-order valence-electron chi connectivity index (χ1n) is 8.82. The quantitative estimate of drug-likeness (QED) is 0.611. The van der Waals surface area contributed by atoms with E-state index in [0.29, 0.717) is 19.1 Å². The Morgan fingerprint density at radius 1 is 1.25 bits per heavy atom. The van der Waals surface area contributed by atoms with Crippen molar-refractivity contribution in [3.63, 3.8) is 0 Å². The molecule has 0 bridgehead atoms. The Bertz CT molecular complexity index is 547. The summed E-state index contributed by atoms with van der Waals surface area (Å²) >= 11 is 0. The molecular formula is C20H28O4. The lowest BCUT2D eigenvalue weighted by Gasteiger charge is -2.27. The molecule has 4 heteroatoms. The lowest BCUT2D eigenvalue weighted by molar-refractivity contribution is -0.137. The third kappa shape index (κ3) is 6.00. The van der Waals surface area contributed by atoms with Crippen LogP contribution in [-0.4, -0.2) is 30.4 Å². The zero-order valence-corrected chi connectivity index (χ0v) is 14.7. The predicted octanol–water partition coefficient (Wildman–Crippen LogP) is 3.67. The molecular weight excluding hydrogens is 304 g/mol. The van der Waals surface area contributed by atoms with Gasteiger partial charge in [-0.2, -0.15) is 0 Å². The largest absolute Gasteiger partial charge is 0.489 e. The molecule has 0 spiro atoms. The predicted molar refractivity (Wildman–Crippen MR) is 94.0 cm³/mol. The molecule has 0 amide bonds. The maximum Gasteiger partial charge on any atom is 0.330 e. The maximum atomic E-state index is 11.4. The van der Waals surface area contributed by atoms with E-state index >= 15 is 0 Å². The molecule has 2 rings (SSSR count). The zero-order valence-electron chi connectivity index (χ0n) is 14.7. The molecule has 0 aromatic heterocycles. The van der Waals surface area contributed by atoms with Crippen LogP contribution in [0.15, 0.2) is 35.9 Å². The van der Waals surface area contributed by atoms with Gasteiger partial charge in [0.25, 0.3) is 0 Å². The van der Waals surface area contributed by atoms with Crippen molar-refractivity contribution >= 4 is 5.97 Å². The molecule has 1 aromatic carbocycles. The first-order valence-corrected chi connectivity index (χ1v) is 8.82. The molecule has 0 heterocycles. The number of rotatable bonds is 7. The minimum absolute atomic E-state index is 0.162. The van der Waals surface area contributed by atoms with E-state index in [0.717, 1.165) is 37.0 Å². The van der Waals surface area contributed by atoms with Gasteiger partial charge >= 0.3 is 5.97 Å². The van der Waals surface area contributed by atoms with Gasteiger partial charge in [0.05, 0.1) is 12.7 Å². The normalized spacial score (nSPS) is 21.4. The second kappa shape index (κ2) is 9.48. The van der Waals surface area contributed by atoms with Crippen molar-refractivity contribution in [2.75, 3.05) is 13.2 Å². The average Bonchev–Trinajstić information content (AvgIpc) is 2.56. The monoisotopic (exact) mass is 332 g/mol. The molecule has 0 aliphatic heterocycles. The molecule has 1 aliphatic carbocycles. The molecule has 1 fully saturated rings. The molecule has 1 aliphatic rings. The van der Waals surface area contributed by atoms with Crippen LogP contribution in [0.4, 0.5) is 0 Å². The Labute approximate surface area is 144 Å². The van der Waals surface area contributed by atoms with Gasteiger partial charge in [0.15, 0.2) is 0 Å². The zero-order chi connectivity index (χ0) is 17.4. The number of benzene rings is 1. The Balaban J connectivity index is 1.82. The molecule has 2 atom stereocenters. The smallest absolute Gasteiger partial charge is 0.330 e. The SMILES string of the molecule is CCOC(=O)/C=C(\C)COc1ccc(C[C@H]2CCCC[C@@H]2O)cc1. The van der Waals surface area contributed by atoms with E-state index in [4.69, 9.17) is 9.47 Å². The number of hydrogen-bond acceptors (Lipinski definition) is 4. The number of aliphatic hydroxyl groups excluding tert-OH is 1. The Morgan fingerprint density at radius 2 is 1.96 bits per heavy atom. The van der Waals surface area contributed by atoms with Crippen LogP contribution in [0.1, 0.15) is 45.1 Å². The highest BCUT2D eigenvalue weighted by molar-refractivity contribution is 5.82. The molecule has 1 saturated carbocycles. The first kappa shape index (κ1) is 18.5. The van der Waals surface area contributed by atoms with Gasteiger partial charge in [-0.05, 0) is 62.3 Å². The lowest BCUT2D eigenvalue weighted by Crippen LogP contribution is -2.26. The third-order valence-electron chi connectivity index (χ3n) is 4.41. The number of carbonyl (C=O) groups excluding carboxylic acids is 1. The number of ether oxygens (including phenoxy) is 2. The van der Waals surface area contributed by atoms with Crippen LogP contribution < -0.4 is 4.74 Å². The minimum atomic E-state index is -0.333. The summed E-state index contributed by atoms with van der Waals surface area (Å²) in [6, 6.07) is 8.01. The molecule has 1 N–H and O–H groups in total. The maximum absolute atomic E-state index is 11.4. The van der Waals surface area contributed by atoms with Gasteiger partial charge in [0.2, 0.25) is 0 Å². The van der Waals surface area contributed by atoms with Crippen LogP contribution in [0.25, 0.3) is 0 Å². The molecule has 0 saturated heterocycles. The van der Waals surface area contributed by atoms with Crippen molar-refractivity contribution in [1.29, 1.82) is 0 Å². The fourth-order valence-corrected chi connectivity index (χ4v) is 3.07. The molecule has 0 unspecified atom stereocenters. The summed E-state index contributed by atoms with van der Waals surface area (Å²) in [5.74, 6) is 0.819. The Hall–Kier alpha value is -1.81. The number of esters is 1. The summed E-state index contributed by atoms with van der Waals surface area (Å²) in [4.78, 5) is 11.4. The van der Waals surface area contributed by atoms with E-state index in [1.165, 1.54) is 18.1 Å². The second-order valence-electron chi connectivity index (χ2n) is 6.49. The molecule has 0 radical (unpaired) electrons. The summed E-state index contributed by atoms with van der Waals surface area (Å²) in [5, 5.41) is 10.1. The van der Waals surface area contributed by atoms with E-state index in [-0.39, 0.29) is 12.1 Å². The summed E-state index contributed by atoms with van der Waals surface area (Å²) in [6.45, 7) is 4.36. The fourth-order valence-electron chi connectivity index (χ4n) is 3.07. The van der Waals surface area contributed by atoms with E-state index < -0.39 is 0 Å². The summed E-state index contributed by atoms with van der Waals surface area (Å²) in [5.41, 5.74) is 2.05. The second-order valence-corrected chi connectivity index (χ2v) is 6.49. The lowest BCUT2D eigenvalue weighted by atomic mass is 9.82. The average molecular weight is 332 g/mol. The van der Waals surface area contributed by atoms with Crippen LogP contribution in [-0.2, 0) is 16.0 Å². The van der Waals surface area contributed by atoms with Gasteiger partial charge in [-0.3, -0.25) is 0 Å². The highest BCUT2D eigenvalue weighted by Gasteiger charge is 2.22. The van der Waals surface area contributed by atoms with Gasteiger partial charge in [-0.15, -0.1) is 0 Å². The summed E-state index contributed by atoms with van der Waals surface area (Å²) in [7, 11) is 0. The van der Waals surface area contributed by atoms with Crippen molar-refractivity contribution in [2.24, 2.45) is 5.92 Å². The molecule has 1 aromatic rings. The highest BCUT2D eigenvalue weighted by atomic mass is 16.5. The Kier molecular flexibility index (Phi) is 7.32. The van der Waals surface area contributed by atoms with Gasteiger partial charge in [0.1, 0.15) is 12.4 Å². The van der Waals surface area contributed by atoms with E-state index in [9.17, 15) is 9.90 Å². The summed E-state index contributed by atoms with van der Waals surface area (Å²) < 4.78 is 10.6. The van der Waals surface area contributed by atoms with Crippen molar-refractivity contribution in [2.45, 2.75) is 52.1 Å². The number of hydrogen-bond donors (Lipinski definition) is 1. The van der Waals surface area contributed by atoms with Crippen molar-refractivity contribution in [3.05, 3.63) is 41.5 Å². The fraction of sp³-hybridized carbons (Fsp3) is 0.550. The van der Waals surface area contributed by atoms with Crippen LogP contribution >= 0.6 is 0 Å². The third-order valence-corrected chi connectivity index (χ3v) is 4.41. The van der Waals surface area contributed by atoms with Crippen LogP contribution in [0.3, 0.4) is 0 Å². The summed E-state index contributed by atoms with van der Waals surface area (Å²) in [6.07, 6.45) is 6.61. The van der Waals surface area contributed by atoms with Crippen molar-refractivity contribution < 1.29 is 19.4 Å². The minimum Gasteiger partial charge on any atom is -0.489 e. The van der Waals surface area contributed by atoms with Crippen LogP contribution in [0.5, 0.6) is 5.75 Å². The van der Waals surface area contributed by atoms with E-state index in [1.54, 1.807) is 6.92 Å².